The number of benzene rings is 2. The van der Waals surface area contributed by atoms with Crippen LogP contribution in [0.2, 0.25) is 0 Å². The lowest BCUT2D eigenvalue weighted by molar-refractivity contribution is -0.122. The zero-order valence-electron chi connectivity index (χ0n) is 16.7. The summed E-state index contributed by atoms with van der Waals surface area (Å²) in [6, 6.07) is 8.72. The molecule has 0 spiro atoms. The van der Waals surface area contributed by atoms with Gasteiger partial charge in [-0.2, -0.15) is 0 Å². The molecule has 3 rings (SSSR count). The van der Waals surface area contributed by atoms with Crippen LogP contribution in [0.5, 0.6) is 11.5 Å². The number of nitrogens with one attached hydrogen (secondary N) is 1. The van der Waals surface area contributed by atoms with Gasteiger partial charge in [0.1, 0.15) is 5.82 Å². The van der Waals surface area contributed by atoms with E-state index in [1.165, 1.54) is 31.4 Å². The summed E-state index contributed by atoms with van der Waals surface area (Å²) in [5.41, 5.74) is 1.05. The molecule has 0 saturated carbocycles. The van der Waals surface area contributed by atoms with E-state index in [1.54, 1.807) is 18.2 Å². The Morgan fingerprint density at radius 2 is 2.03 bits per heavy atom. The Kier molecular flexibility index (Phi) is 7.76. The van der Waals surface area contributed by atoms with Crippen LogP contribution < -0.4 is 14.8 Å². The SMILES string of the molecule is C#CCN1C(=O)S/C(=C/c2cc(I)c(OCC(=O)Nc3ccc(F)cc3)c(OC)c2)C1=O. The molecule has 1 aliphatic rings. The maximum atomic E-state index is 13.0. The summed E-state index contributed by atoms with van der Waals surface area (Å²) in [7, 11) is 1.45. The van der Waals surface area contributed by atoms with Gasteiger partial charge >= 0.3 is 0 Å². The van der Waals surface area contributed by atoms with Crippen LogP contribution in [0, 0.1) is 21.7 Å². The minimum absolute atomic E-state index is 0.0877. The number of terminal acetylenes is 1. The zero-order valence-corrected chi connectivity index (χ0v) is 19.7. The highest BCUT2D eigenvalue weighted by atomic mass is 127. The molecule has 164 valence electrons. The number of rotatable bonds is 7. The molecule has 1 aliphatic heterocycles. The normalized spacial score (nSPS) is 14.4. The number of hydrogen-bond donors (Lipinski definition) is 1. The summed E-state index contributed by atoms with van der Waals surface area (Å²) in [5.74, 6) is 1.69. The summed E-state index contributed by atoms with van der Waals surface area (Å²) < 4.78 is 24.6. The maximum absolute atomic E-state index is 13.0. The fourth-order valence-corrected chi connectivity index (χ4v) is 4.33. The van der Waals surface area contributed by atoms with Crippen LogP contribution in [0.25, 0.3) is 6.08 Å². The molecular formula is C22H16FIN2O5S. The fraction of sp³-hybridized carbons (Fsp3) is 0.136. The number of hydrogen-bond acceptors (Lipinski definition) is 6. The van der Waals surface area contributed by atoms with E-state index >= 15 is 0 Å². The molecule has 0 aromatic heterocycles. The molecule has 0 aliphatic carbocycles. The van der Waals surface area contributed by atoms with Crippen LogP contribution in [0.3, 0.4) is 0 Å². The van der Waals surface area contributed by atoms with Gasteiger partial charge in [0.25, 0.3) is 17.1 Å². The Morgan fingerprint density at radius 1 is 1.31 bits per heavy atom. The minimum Gasteiger partial charge on any atom is -0.493 e. The number of halogens is 2. The molecule has 2 aromatic rings. The zero-order chi connectivity index (χ0) is 23.3. The molecule has 0 bridgehead atoms. The predicted molar refractivity (Wildman–Crippen MR) is 128 cm³/mol. The average Bonchev–Trinajstić information content (AvgIpc) is 3.02. The Hall–Kier alpha value is -3.04. The van der Waals surface area contributed by atoms with Crippen LogP contribution in [0.15, 0.2) is 41.3 Å². The smallest absolute Gasteiger partial charge is 0.294 e. The predicted octanol–water partition coefficient (Wildman–Crippen LogP) is 4.13. The molecule has 10 heteroatoms. The van der Waals surface area contributed by atoms with Crippen molar-refractivity contribution in [1.29, 1.82) is 0 Å². The molecule has 0 atom stereocenters. The number of anilines is 1. The topological polar surface area (TPSA) is 84.9 Å². The third-order valence-electron chi connectivity index (χ3n) is 4.15. The van der Waals surface area contributed by atoms with Crippen molar-refractivity contribution in [2.75, 3.05) is 25.6 Å². The highest BCUT2D eigenvalue weighted by molar-refractivity contribution is 14.1. The second kappa shape index (κ2) is 10.5. The standard InChI is InChI=1S/C22H16FIN2O5S/c1-3-8-26-21(28)18(32-22(26)29)11-13-9-16(24)20(17(10-13)30-2)31-12-19(27)25-15-6-4-14(23)5-7-15/h1,4-7,9-11H,8,12H2,2H3,(H,25,27)/b18-11+. The summed E-state index contributed by atoms with van der Waals surface area (Å²) in [6.45, 7) is -0.385. The van der Waals surface area contributed by atoms with E-state index in [0.717, 1.165) is 16.7 Å². The lowest BCUT2D eigenvalue weighted by Gasteiger charge is -2.14. The minimum atomic E-state index is -0.454. The molecule has 1 N–H and O–H groups in total. The van der Waals surface area contributed by atoms with Crippen LogP contribution in [0.4, 0.5) is 14.9 Å². The van der Waals surface area contributed by atoms with Crippen molar-refractivity contribution in [2.45, 2.75) is 0 Å². The van der Waals surface area contributed by atoms with Gasteiger partial charge in [-0.15, -0.1) is 6.42 Å². The van der Waals surface area contributed by atoms with Crippen molar-refractivity contribution in [3.8, 4) is 23.8 Å². The molecule has 1 heterocycles. The van der Waals surface area contributed by atoms with Crippen LogP contribution in [-0.4, -0.2) is 42.2 Å². The van der Waals surface area contributed by atoms with Crippen LogP contribution >= 0.6 is 34.4 Å². The third kappa shape index (κ3) is 5.60. The van der Waals surface area contributed by atoms with Gasteiger partial charge in [0, 0.05) is 5.69 Å². The van der Waals surface area contributed by atoms with Crippen molar-refractivity contribution < 1.29 is 28.2 Å². The van der Waals surface area contributed by atoms with E-state index in [-0.39, 0.29) is 18.1 Å². The van der Waals surface area contributed by atoms with E-state index in [2.05, 4.69) is 11.2 Å². The van der Waals surface area contributed by atoms with E-state index in [0.29, 0.717) is 26.3 Å². The van der Waals surface area contributed by atoms with Gasteiger partial charge in [-0.05, 0) is 82.4 Å². The van der Waals surface area contributed by atoms with Gasteiger partial charge < -0.3 is 14.8 Å². The number of nitrogens with zero attached hydrogens (tertiary/aromatic N) is 1. The first-order valence-corrected chi connectivity index (χ1v) is 11.0. The van der Waals surface area contributed by atoms with Crippen molar-refractivity contribution >= 4 is 63.2 Å². The number of methoxy groups -OCH3 is 1. The summed E-state index contributed by atoms with van der Waals surface area (Å²) in [6.07, 6.45) is 6.77. The maximum Gasteiger partial charge on any atom is 0.294 e. The van der Waals surface area contributed by atoms with Gasteiger partial charge in [-0.25, -0.2) is 4.39 Å². The highest BCUT2D eigenvalue weighted by Gasteiger charge is 2.34. The number of amides is 3. The molecule has 2 aromatic carbocycles. The second-order valence-corrected chi connectivity index (χ2v) is 8.51. The van der Waals surface area contributed by atoms with Gasteiger partial charge in [-0.1, -0.05) is 5.92 Å². The molecule has 32 heavy (non-hydrogen) atoms. The summed E-state index contributed by atoms with van der Waals surface area (Å²) in [5, 5.41) is 2.18. The Morgan fingerprint density at radius 3 is 2.69 bits per heavy atom. The third-order valence-corrected chi connectivity index (χ3v) is 5.86. The van der Waals surface area contributed by atoms with Gasteiger partial charge in [0.15, 0.2) is 18.1 Å². The Bertz CT molecular complexity index is 1140. The summed E-state index contributed by atoms with van der Waals surface area (Å²) >= 11 is 2.83. The molecule has 0 radical (unpaired) electrons. The number of thioether (sulfide) groups is 1. The highest BCUT2D eigenvalue weighted by Crippen LogP contribution is 2.37. The Labute approximate surface area is 201 Å². The first kappa shape index (κ1) is 23.6. The van der Waals surface area contributed by atoms with Crippen molar-refractivity contribution in [3.05, 3.63) is 56.3 Å². The molecule has 1 fully saturated rings. The Balaban J connectivity index is 1.73. The average molecular weight is 566 g/mol. The number of carbonyl (C=O) groups is 3. The lowest BCUT2D eigenvalue weighted by Crippen LogP contribution is -2.28. The number of ether oxygens (including phenoxy) is 2. The van der Waals surface area contributed by atoms with E-state index in [4.69, 9.17) is 15.9 Å². The van der Waals surface area contributed by atoms with Crippen molar-refractivity contribution in [3.63, 3.8) is 0 Å². The fourth-order valence-electron chi connectivity index (χ4n) is 2.71. The summed E-state index contributed by atoms with van der Waals surface area (Å²) in [4.78, 5) is 37.7. The van der Waals surface area contributed by atoms with Crippen LogP contribution in [0.1, 0.15) is 5.56 Å². The molecule has 7 nitrogen and oxygen atoms in total. The molecule has 1 saturated heterocycles. The van der Waals surface area contributed by atoms with Crippen molar-refractivity contribution in [1.82, 2.24) is 4.90 Å². The van der Waals surface area contributed by atoms with Gasteiger partial charge in [0.05, 0.1) is 22.1 Å². The van der Waals surface area contributed by atoms with E-state index in [1.807, 2.05) is 22.6 Å². The molecule has 3 amide bonds. The molecular weight excluding hydrogens is 550 g/mol. The van der Waals surface area contributed by atoms with Gasteiger partial charge in [0.2, 0.25) is 0 Å². The first-order chi connectivity index (χ1) is 15.3. The lowest BCUT2D eigenvalue weighted by atomic mass is 10.2. The van der Waals surface area contributed by atoms with E-state index in [9.17, 15) is 18.8 Å². The first-order valence-electron chi connectivity index (χ1n) is 9.07. The number of carbonyl (C=O) groups excluding carboxylic acids is 3. The van der Waals surface area contributed by atoms with E-state index < -0.39 is 22.9 Å². The number of imide groups is 1. The monoisotopic (exact) mass is 566 g/mol. The molecule has 0 unspecified atom stereocenters. The quantitative estimate of drug-likeness (QED) is 0.309. The second-order valence-electron chi connectivity index (χ2n) is 6.35. The van der Waals surface area contributed by atoms with Crippen LogP contribution in [-0.2, 0) is 9.59 Å². The largest absolute Gasteiger partial charge is 0.493 e. The van der Waals surface area contributed by atoms with Gasteiger partial charge in [-0.3, -0.25) is 19.3 Å². The van der Waals surface area contributed by atoms with Crippen molar-refractivity contribution in [2.24, 2.45) is 0 Å².